The molecule has 21 heavy (non-hydrogen) atoms. The van der Waals surface area contributed by atoms with E-state index in [-0.39, 0.29) is 5.56 Å². The van der Waals surface area contributed by atoms with Crippen LogP contribution in [-0.4, -0.2) is 28.1 Å². The third kappa shape index (κ3) is 3.78. The number of aryl methyl sites for hydroxylation is 2. The Morgan fingerprint density at radius 3 is 2.62 bits per heavy atom. The lowest BCUT2D eigenvalue weighted by atomic mass is 10.2. The Hall–Kier alpha value is -2.43. The molecule has 5 nitrogen and oxygen atoms in total. The van der Waals surface area contributed by atoms with Gasteiger partial charge in [0, 0.05) is 18.4 Å². The summed E-state index contributed by atoms with van der Waals surface area (Å²) in [5, 5.41) is 9.18. The van der Waals surface area contributed by atoms with Crippen LogP contribution in [-0.2, 0) is 13.0 Å². The third-order valence-electron chi connectivity index (χ3n) is 3.21. The predicted octanol–water partition coefficient (Wildman–Crippen LogP) is 2.68. The topological polar surface area (TPSA) is 66.3 Å². The molecule has 0 unspecified atom stereocenters. The Morgan fingerprint density at radius 2 is 2.00 bits per heavy atom. The summed E-state index contributed by atoms with van der Waals surface area (Å²) in [6, 6.07) is 9.07. The number of hydrogen-bond donors (Lipinski definition) is 1. The van der Waals surface area contributed by atoms with E-state index in [0.717, 1.165) is 17.1 Å². The summed E-state index contributed by atoms with van der Waals surface area (Å²) in [6.45, 7) is 4.49. The Morgan fingerprint density at radius 1 is 1.24 bits per heavy atom. The van der Waals surface area contributed by atoms with Crippen LogP contribution in [0, 0.1) is 6.92 Å². The quantitative estimate of drug-likeness (QED) is 0.915. The third-order valence-corrected chi connectivity index (χ3v) is 3.21. The van der Waals surface area contributed by atoms with Gasteiger partial charge in [0.05, 0.1) is 17.8 Å². The van der Waals surface area contributed by atoms with Crippen LogP contribution in [0.25, 0.3) is 0 Å². The van der Waals surface area contributed by atoms with E-state index in [1.165, 1.54) is 0 Å². The molecule has 0 saturated carbocycles. The smallest absolute Gasteiger partial charge is 0.335 e. The van der Waals surface area contributed by atoms with Gasteiger partial charge in [-0.15, -0.1) is 0 Å². The fourth-order valence-corrected chi connectivity index (χ4v) is 2.08. The fourth-order valence-electron chi connectivity index (χ4n) is 2.08. The molecule has 2 aromatic rings. The first-order chi connectivity index (χ1) is 9.99. The molecule has 1 N–H and O–H groups in total. The summed E-state index contributed by atoms with van der Waals surface area (Å²) in [4.78, 5) is 22.0. The number of pyridine rings is 2. The maximum Gasteiger partial charge on any atom is 0.335 e. The van der Waals surface area contributed by atoms with Crippen LogP contribution in [0.1, 0.15) is 34.4 Å². The summed E-state index contributed by atoms with van der Waals surface area (Å²) in [6.07, 6.45) is 0.699. The molecule has 110 valence electrons. The van der Waals surface area contributed by atoms with Gasteiger partial charge in [0.2, 0.25) is 0 Å². The van der Waals surface area contributed by atoms with E-state index in [0.29, 0.717) is 18.8 Å². The van der Waals surface area contributed by atoms with Crippen LogP contribution in [0.4, 0.5) is 5.82 Å². The van der Waals surface area contributed by atoms with Crippen LogP contribution in [0.3, 0.4) is 0 Å². The molecule has 2 rings (SSSR count). The SMILES string of the molecule is CCc1cc(C(=O)O)cc(N(C)Cc2cccc(C)n2)n1. The van der Waals surface area contributed by atoms with Crippen molar-refractivity contribution in [3.63, 3.8) is 0 Å². The van der Waals surface area contributed by atoms with Crippen molar-refractivity contribution in [1.82, 2.24) is 9.97 Å². The van der Waals surface area contributed by atoms with Crippen LogP contribution < -0.4 is 4.90 Å². The van der Waals surface area contributed by atoms with Crippen LogP contribution in [0.2, 0.25) is 0 Å². The van der Waals surface area contributed by atoms with Crippen molar-refractivity contribution in [2.24, 2.45) is 0 Å². The van der Waals surface area contributed by atoms with Gasteiger partial charge in [0.15, 0.2) is 0 Å². The predicted molar refractivity (Wildman–Crippen MR) is 81.7 cm³/mol. The molecule has 0 radical (unpaired) electrons. The first kappa shape index (κ1) is 15.0. The zero-order chi connectivity index (χ0) is 15.4. The maximum atomic E-state index is 11.2. The van der Waals surface area contributed by atoms with Crippen molar-refractivity contribution < 1.29 is 9.90 Å². The standard InChI is InChI=1S/C16H19N3O2/c1-4-13-8-12(16(20)21)9-15(18-13)19(3)10-14-7-5-6-11(2)17-14/h5-9H,4,10H2,1-3H3,(H,20,21). The first-order valence-electron chi connectivity index (χ1n) is 6.87. The zero-order valence-electron chi connectivity index (χ0n) is 12.5. The van der Waals surface area contributed by atoms with Crippen molar-refractivity contribution in [3.05, 3.63) is 53.0 Å². The van der Waals surface area contributed by atoms with E-state index in [1.54, 1.807) is 12.1 Å². The van der Waals surface area contributed by atoms with E-state index in [1.807, 2.05) is 44.0 Å². The Kier molecular flexibility index (Phi) is 4.52. The summed E-state index contributed by atoms with van der Waals surface area (Å²) in [7, 11) is 1.89. The van der Waals surface area contributed by atoms with E-state index in [9.17, 15) is 9.90 Å². The highest BCUT2D eigenvalue weighted by Gasteiger charge is 2.11. The minimum absolute atomic E-state index is 0.265. The number of nitrogens with zero attached hydrogens (tertiary/aromatic N) is 3. The monoisotopic (exact) mass is 285 g/mol. The summed E-state index contributed by atoms with van der Waals surface area (Å²) in [5.74, 6) is -0.287. The van der Waals surface area contributed by atoms with Gasteiger partial charge in [-0.2, -0.15) is 0 Å². The lowest BCUT2D eigenvalue weighted by molar-refractivity contribution is 0.0696. The average Bonchev–Trinajstić information content (AvgIpc) is 2.46. The summed E-state index contributed by atoms with van der Waals surface area (Å²) in [5.41, 5.74) is 2.93. The number of carbonyl (C=O) groups is 1. The Labute approximate surface area is 124 Å². The van der Waals surface area contributed by atoms with Crippen molar-refractivity contribution in [2.45, 2.75) is 26.8 Å². The second-order valence-electron chi connectivity index (χ2n) is 4.99. The molecule has 0 bridgehead atoms. The van der Waals surface area contributed by atoms with E-state index >= 15 is 0 Å². The average molecular weight is 285 g/mol. The molecule has 0 fully saturated rings. The number of aromatic carboxylic acids is 1. The second kappa shape index (κ2) is 6.35. The van der Waals surface area contributed by atoms with E-state index < -0.39 is 5.97 Å². The molecule has 2 aromatic heterocycles. The second-order valence-corrected chi connectivity index (χ2v) is 4.99. The van der Waals surface area contributed by atoms with Gasteiger partial charge in [0.1, 0.15) is 5.82 Å². The molecule has 0 saturated heterocycles. The zero-order valence-corrected chi connectivity index (χ0v) is 12.5. The van der Waals surface area contributed by atoms with Crippen molar-refractivity contribution in [3.8, 4) is 0 Å². The van der Waals surface area contributed by atoms with Gasteiger partial charge in [-0.05, 0) is 37.6 Å². The number of carboxylic acids is 1. The number of anilines is 1. The van der Waals surface area contributed by atoms with Crippen molar-refractivity contribution in [2.75, 3.05) is 11.9 Å². The first-order valence-corrected chi connectivity index (χ1v) is 6.87. The summed E-state index contributed by atoms with van der Waals surface area (Å²) < 4.78 is 0. The minimum atomic E-state index is -0.935. The molecule has 0 aromatic carbocycles. The molecule has 5 heteroatoms. The molecule has 2 heterocycles. The molecular weight excluding hydrogens is 266 g/mol. The molecule has 0 aliphatic carbocycles. The van der Waals surface area contributed by atoms with Crippen LogP contribution in [0.5, 0.6) is 0 Å². The molecule has 0 aliphatic rings. The lowest BCUT2D eigenvalue weighted by Crippen LogP contribution is -2.20. The van der Waals surface area contributed by atoms with Crippen molar-refractivity contribution >= 4 is 11.8 Å². The highest BCUT2D eigenvalue weighted by atomic mass is 16.4. The van der Waals surface area contributed by atoms with E-state index in [2.05, 4.69) is 9.97 Å². The van der Waals surface area contributed by atoms with Gasteiger partial charge in [-0.1, -0.05) is 13.0 Å². The number of rotatable bonds is 5. The largest absolute Gasteiger partial charge is 0.478 e. The highest BCUT2D eigenvalue weighted by Crippen LogP contribution is 2.16. The number of aromatic nitrogens is 2. The van der Waals surface area contributed by atoms with Crippen LogP contribution in [0.15, 0.2) is 30.3 Å². The maximum absolute atomic E-state index is 11.2. The molecule has 0 amide bonds. The van der Waals surface area contributed by atoms with Gasteiger partial charge in [0.25, 0.3) is 0 Å². The lowest BCUT2D eigenvalue weighted by Gasteiger charge is -2.19. The number of hydrogen-bond acceptors (Lipinski definition) is 4. The normalized spacial score (nSPS) is 10.4. The van der Waals surface area contributed by atoms with Gasteiger partial charge in [-0.25, -0.2) is 9.78 Å². The van der Waals surface area contributed by atoms with Gasteiger partial charge in [-0.3, -0.25) is 4.98 Å². The molecule has 0 spiro atoms. The van der Waals surface area contributed by atoms with Crippen LogP contribution >= 0.6 is 0 Å². The number of carboxylic acid groups (broad SMARTS) is 1. The van der Waals surface area contributed by atoms with Crippen molar-refractivity contribution in [1.29, 1.82) is 0 Å². The summed E-state index contributed by atoms with van der Waals surface area (Å²) >= 11 is 0. The minimum Gasteiger partial charge on any atom is -0.478 e. The molecule has 0 atom stereocenters. The highest BCUT2D eigenvalue weighted by molar-refractivity contribution is 5.88. The fraction of sp³-hybridized carbons (Fsp3) is 0.312. The van der Waals surface area contributed by atoms with E-state index in [4.69, 9.17) is 0 Å². The Balaban J connectivity index is 2.27. The molecular formula is C16H19N3O2. The Bertz CT molecular complexity index is 656. The van der Waals surface area contributed by atoms with Gasteiger partial charge < -0.3 is 10.0 Å². The molecule has 0 aliphatic heterocycles. The van der Waals surface area contributed by atoms with Gasteiger partial charge >= 0.3 is 5.97 Å².